The van der Waals surface area contributed by atoms with E-state index >= 15 is 0 Å². The van der Waals surface area contributed by atoms with Crippen LogP contribution in [0.4, 0.5) is 5.82 Å². The van der Waals surface area contributed by atoms with Gasteiger partial charge in [-0.05, 0) is 18.9 Å². The molecule has 2 heterocycles. The highest BCUT2D eigenvalue weighted by atomic mass is 16.1. The number of nitrogens with one attached hydrogen (secondary N) is 1. The predicted molar refractivity (Wildman–Crippen MR) is 56.5 cm³/mol. The molecular weight excluding hydrogens is 178 g/mol. The first-order valence-electron chi connectivity index (χ1n) is 4.95. The number of H-pyrrole nitrogens is 1. The number of piperidine rings is 1. The van der Waals surface area contributed by atoms with Gasteiger partial charge in [-0.3, -0.25) is 4.79 Å². The van der Waals surface area contributed by atoms with Crippen LogP contribution in [0, 0.1) is 0 Å². The number of hydrogen-bond acceptors (Lipinski definition) is 3. The third-order valence-electron chi connectivity index (χ3n) is 2.63. The van der Waals surface area contributed by atoms with Gasteiger partial charge in [0, 0.05) is 25.2 Å². The molecule has 1 fully saturated rings. The van der Waals surface area contributed by atoms with Crippen molar-refractivity contribution in [3.63, 3.8) is 0 Å². The van der Waals surface area contributed by atoms with Gasteiger partial charge in [0.1, 0.15) is 5.82 Å². The van der Waals surface area contributed by atoms with Crippen molar-refractivity contribution >= 4 is 5.82 Å². The Balaban J connectivity index is 2.12. The predicted octanol–water partition coefficient (Wildman–Crippen LogP) is 0.302. The van der Waals surface area contributed by atoms with Gasteiger partial charge in [-0.1, -0.05) is 6.07 Å². The van der Waals surface area contributed by atoms with Crippen molar-refractivity contribution in [3.05, 3.63) is 28.6 Å². The Kier molecular flexibility index (Phi) is 2.54. The largest absolute Gasteiger partial charge is 0.358 e. The summed E-state index contributed by atoms with van der Waals surface area (Å²) >= 11 is 0. The summed E-state index contributed by atoms with van der Waals surface area (Å²) in [5.41, 5.74) is 5.76. The van der Waals surface area contributed by atoms with Crippen LogP contribution in [-0.4, -0.2) is 24.1 Å². The highest BCUT2D eigenvalue weighted by Crippen LogP contribution is 2.14. The Hall–Kier alpha value is -1.29. The first-order valence-corrected chi connectivity index (χ1v) is 4.95. The number of pyridine rings is 1. The summed E-state index contributed by atoms with van der Waals surface area (Å²) in [6.45, 7) is 1.86. The molecule has 1 aromatic rings. The first kappa shape index (κ1) is 9.27. The lowest BCUT2D eigenvalue weighted by Gasteiger charge is -2.31. The number of hydrogen-bond donors (Lipinski definition) is 2. The molecule has 0 aromatic carbocycles. The number of aromatic amines is 1. The van der Waals surface area contributed by atoms with E-state index < -0.39 is 0 Å². The Bertz CT molecular complexity index is 352. The first-order chi connectivity index (χ1) is 6.75. The van der Waals surface area contributed by atoms with Gasteiger partial charge in [0.25, 0.3) is 0 Å². The highest BCUT2D eigenvalue weighted by Gasteiger charge is 2.16. The fourth-order valence-corrected chi connectivity index (χ4v) is 1.76. The Morgan fingerprint density at radius 1 is 1.36 bits per heavy atom. The lowest BCUT2D eigenvalue weighted by atomic mass is 10.1. The lowest BCUT2D eigenvalue weighted by Crippen LogP contribution is -2.40. The quantitative estimate of drug-likeness (QED) is 0.674. The maximum Gasteiger partial charge on any atom is 0.249 e. The number of rotatable bonds is 1. The smallest absolute Gasteiger partial charge is 0.249 e. The van der Waals surface area contributed by atoms with E-state index in [0.717, 1.165) is 31.7 Å². The molecular formula is C10H15N3O. The molecule has 0 radical (unpaired) electrons. The molecule has 4 nitrogen and oxygen atoms in total. The zero-order chi connectivity index (χ0) is 9.97. The van der Waals surface area contributed by atoms with Gasteiger partial charge >= 0.3 is 0 Å². The third kappa shape index (κ3) is 1.96. The van der Waals surface area contributed by atoms with E-state index in [0.29, 0.717) is 6.04 Å². The van der Waals surface area contributed by atoms with Crippen LogP contribution in [0.1, 0.15) is 12.8 Å². The second-order valence-corrected chi connectivity index (χ2v) is 3.72. The zero-order valence-corrected chi connectivity index (χ0v) is 8.07. The molecule has 1 saturated heterocycles. The average molecular weight is 193 g/mol. The SMILES string of the molecule is NC1CCN(c2cccc(=O)[nH]2)CC1. The topological polar surface area (TPSA) is 62.1 Å². The minimum absolute atomic E-state index is 0.0441. The molecule has 14 heavy (non-hydrogen) atoms. The van der Waals surface area contributed by atoms with E-state index in [2.05, 4.69) is 9.88 Å². The molecule has 1 aliphatic rings. The molecule has 3 N–H and O–H groups in total. The average Bonchev–Trinajstić information content (AvgIpc) is 2.19. The van der Waals surface area contributed by atoms with Crippen LogP contribution in [0.3, 0.4) is 0 Å². The van der Waals surface area contributed by atoms with Gasteiger partial charge in [-0.15, -0.1) is 0 Å². The molecule has 0 aliphatic carbocycles. The van der Waals surface area contributed by atoms with Crippen LogP contribution < -0.4 is 16.2 Å². The van der Waals surface area contributed by atoms with E-state index in [1.54, 1.807) is 6.07 Å². The summed E-state index contributed by atoms with van der Waals surface area (Å²) in [6.07, 6.45) is 1.99. The van der Waals surface area contributed by atoms with E-state index in [4.69, 9.17) is 5.73 Å². The summed E-state index contributed by atoms with van der Waals surface area (Å²) in [7, 11) is 0. The van der Waals surface area contributed by atoms with Crippen LogP contribution in [0.25, 0.3) is 0 Å². The van der Waals surface area contributed by atoms with Crippen LogP contribution in [0.5, 0.6) is 0 Å². The molecule has 0 unspecified atom stereocenters. The van der Waals surface area contributed by atoms with E-state index in [1.165, 1.54) is 6.07 Å². The van der Waals surface area contributed by atoms with Crippen molar-refractivity contribution in [1.82, 2.24) is 4.98 Å². The van der Waals surface area contributed by atoms with Crippen molar-refractivity contribution in [1.29, 1.82) is 0 Å². The second-order valence-electron chi connectivity index (χ2n) is 3.72. The standard InChI is InChI=1S/C10H15N3O/c11-8-4-6-13(7-5-8)9-2-1-3-10(14)12-9/h1-3,8H,4-7,11H2,(H,12,14). The molecule has 0 spiro atoms. The van der Waals surface area contributed by atoms with E-state index in [1.807, 2.05) is 6.07 Å². The van der Waals surface area contributed by atoms with Crippen molar-refractivity contribution < 1.29 is 0 Å². The zero-order valence-electron chi connectivity index (χ0n) is 8.07. The number of anilines is 1. The fourth-order valence-electron chi connectivity index (χ4n) is 1.76. The van der Waals surface area contributed by atoms with Crippen molar-refractivity contribution in [2.45, 2.75) is 18.9 Å². The van der Waals surface area contributed by atoms with Crippen molar-refractivity contribution in [2.24, 2.45) is 5.73 Å². The lowest BCUT2D eigenvalue weighted by molar-refractivity contribution is 0.498. The molecule has 0 amide bonds. The molecule has 76 valence electrons. The monoisotopic (exact) mass is 193 g/mol. The van der Waals surface area contributed by atoms with Crippen LogP contribution in [0.15, 0.2) is 23.0 Å². The number of aromatic nitrogens is 1. The van der Waals surface area contributed by atoms with E-state index in [9.17, 15) is 4.79 Å². The van der Waals surface area contributed by atoms with E-state index in [-0.39, 0.29) is 5.56 Å². The van der Waals surface area contributed by atoms with Gasteiger partial charge in [0.15, 0.2) is 0 Å². The minimum atomic E-state index is -0.0441. The Labute approximate surface area is 82.7 Å². The Morgan fingerprint density at radius 3 is 2.71 bits per heavy atom. The van der Waals surface area contributed by atoms with Gasteiger partial charge in [0.2, 0.25) is 5.56 Å². The normalized spacial score (nSPS) is 18.5. The summed E-state index contributed by atoms with van der Waals surface area (Å²) in [4.78, 5) is 16.1. The maximum absolute atomic E-state index is 11.1. The van der Waals surface area contributed by atoms with Crippen molar-refractivity contribution in [3.8, 4) is 0 Å². The van der Waals surface area contributed by atoms with Gasteiger partial charge in [0.05, 0.1) is 0 Å². The molecule has 4 heteroatoms. The fraction of sp³-hybridized carbons (Fsp3) is 0.500. The van der Waals surface area contributed by atoms with Crippen LogP contribution >= 0.6 is 0 Å². The summed E-state index contributed by atoms with van der Waals surface area (Å²) in [5.74, 6) is 0.907. The molecule has 0 atom stereocenters. The molecule has 1 aromatic heterocycles. The third-order valence-corrected chi connectivity index (χ3v) is 2.63. The second kappa shape index (κ2) is 3.84. The van der Waals surface area contributed by atoms with Gasteiger partial charge < -0.3 is 15.6 Å². The molecule has 0 saturated carbocycles. The summed E-state index contributed by atoms with van der Waals surface area (Å²) in [6, 6.07) is 5.56. The molecule has 0 bridgehead atoms. The van der Waals surface area contributed by atoms with Crippen LogP contribution in [-0.2, 0) is 0 Å². The highest BCUT2D eigenvalue weighted by molar-refractivity contribution is 5.38. The van der Waals surface area contributed by atoms with Crippen molar-refractivity contribution in [2.75, 3.05) is 18.0 Å². The van der Waals surface area contributed by atoms with Crippen LogP contribution in [0.2, 0.25) is 0 Å². The van der Waals surface area contributed by atoms with Gasteiger partial charge in [-0.25, -0.2) is 0 Å². The number of nitrogens with two attached hydrogens (primary N) is 1. The summed E-state index contributed by atoms with van der Waals surface area (Å²) in [5, 5.41) is 0. The molecule has 1 aliphatic heterocycles. The minimum Gasteiger partial charge on any atom is -0.358 e. The summed E-state index contributed by atoms with van der Waals surface area (Å²) < 4.78 is 0. The maximum atomic E-state index is 11.1. The van der Waals surface area contributed by atoms with Gasteiger partial charge in [-0.2, -0.15) is 0 Å². The Morgan fingerprint density at radius 2 is 2.07 bits per heavy atom. The molecule has 2 rings (SSSR count). The number of nitrogens with zero attached hydrogens (tertiary/aromatic N) is 1.